The minimum Gasteiger partial charge on any atom is -0.316 e. The zero-order valence-electron chi connectivity index (χ0n) is 17.8. The van der Waals surface area contributed by atoms with Crippen LogP contribution < -0.4 is 0 Å². The number of hydrogen-bond acceptors (Lipinski definition) is 1. The first-order chi connectivity index (χ1) is 14.0. The summed E-state index contributed by atoms with van der Waals surface area (Å²) in [7, 11) is 0. The average Bonchev–Trinajstić information content (AvgIpc) is 2.74. The molecule has 0 bridgehead atoms. The Hall–Kier alpha value is -1.48. The van der Waals surface area contributed by atoms with Gasteiger partial charge in [-0.3, -0.25) is 0 Å². The molecule has 0 aromatic heterocycles. The Morgan fingerprint density at radius 3 is 2.17 bits per heavy atom. The molecule has 2 aliphatic rings. The minimum absolute atomic E-state index is 0.0234. The van der Waals surface area contributed by atoms with Crippen molar-refractivity contribution in [2.24, 2.45) is 17.8 Å². The fourth-order valence-electron chi connectivity index (χ4n) is 5.02. The third-order valence-electron chi connectivity index (χ3n) is 6.89. The highest BCUT2D eigenvalue weighted by Gasteiger charge is 2.35. The molecule has 0 atom stereocenters. The maximum absolute atomic E-state index is 14.3. The monoisotopic (exact) mass is 402 g/mol. The van der Waals surface area contributed by atoms with E-state index in [4.69, 9.17) is 4.74 Å². The fraction of sp³-hybridized carbons (Fsp3) is 0.615. The molecule has 0 radical (unpaired) electrons. The van der Waals surface area contributed by atoms with E-state index >= 15 is 0 Å². The summed E-state index contributed by atoms with van der Waals surface area (Å²) in [6.07, 6.45) is 11.7. The molecule has 0 spiro atoms. The van der Waals surface area contributed by atoms with Crippen molar-refractivity contribution in [1.29, 1.82) is 0 Å². The molecule has 0 unspecified atom stereocenters. The summed E-state index contributed by atoms with van der Waals surface area (Å²) in [5.41, 5.74) is 2.14. The van der Waals surface area contributed by atoms with Gasteiger partial charge in [0.2, 0.25) is 0 Å². The lowest BCUT2D eigenvalue weighted by Gasteiger charge is -2.29. The van der Waals surface area contributed by atoms with Gasteiger partial charge in [0, 0.05) is 6.42 Å². The molecule has 3 heteroatoms. The van der Waals surface area contributed by atoms with Crippen molar-refractivity contribution >= 4 is 0 Å². The Morgan fingerprint density at radius 2 is 1.59 bits per heavy atom. The molecule has 2 aliphatic carbocycles. The maximum atomic E-state index is 14.3. The van der Waals surface area contributed by atoms with E-state index in [9.17, 15) is 8.78 Å². The Kier molecular flexibility index (Phi) is 8.06. The van der Waals surface area contributed by atoms with Crippen molar-refractivity contribution in [3.8, 4) is 0 Å². The van der Waals surface area contributed by atoms with Gasteiger partial charge in [-0.15, -0.1) is 6.58 Å². The molecule has 3 rings (SSSR count). The van der Waals surface area contributed by atoms with Crippen molar-refractivity contribution in [2.75, 3.05) is 0 Å². The smallest absolute Gasteiger partial charge is 0.316 e. The summed E-state index contributed by atoms with van der Waals surface area (Å²) in [4.78, 5) is 0. The van der Waals surface area contributed by atoms with Gasteiger partial charge in [0.25, 0.3) is 0 Å². The lowest BCUT2D eigenvalue weighted by atomic mass is 9.79. The normalized spacial score (nSPS) is 28.5. The van der Waals surface area contributed by atoms with Crippen LogP contribution in [0.1, 0.15) is 81.8 Å². The summed E-state index contributed by atoms with van der Waals surface area (Å²) >= 11 is 0. The summed E-state index contributed by atoms with van der Waals surface area (Å²) < 4.78 is 33.7. The van der Waals surface area contributed by atoms with Crippen LogP contribution in [0.3, 0.4) is 0 Å². The number of ether oxygens (including phenoxy) is 1. The molecule has 0 aliphatic heterocycles. The summed E-state index contributed by atoms with van der Waals surface area (Å²) in [5.74, 6) is 1.87. The van der Waals surface area contributed by atoms with Crippen molar-refractivity contribution in [3.05, 3.63) is 60.2 Å². The van der Waals surface area contributed by atoms with Gasteiger partial charge in [-0.2, -0.15) is 8.78 Å². The fourth-order valence-corrected chi connectivity index (χ4v) is 5.02. The molecule has 1 aromatic carbocycles. The first-order valence-corrected chi connectivity index (χ1v) is 11.3. The second-order valence-electron chi connectivity index (χ2n) is 9.03. The highest BCUT2D eigenvalue weighted by molar-refractivity contribution is 5.25. The van der Waals surface area contributed by atoms with E-state index < -0.39 is 6.11 Å². The molecule has 2 saturated carbocycles. The van der Waals surface area contributed by atoms with Crippen LogP contribution in [0.4, 0.5) is 8.78 Å². The van der Waals surface area contributed by atoms with Gasteiger partial charge in [-0.05, 0) is 93.1 Å². The first kappa shape index (κ1) is 22.2. The third-order valence-corrected chi connectivity index (χ3v) is 6.89. The Balaban J connectivity index is 1.43. The molecule has 160 valence electrons. The van der Waals surface area contributed by atoms with Crippen LogP contribution in [0.5, 0.6) is 0 Å². The molecule has 1 nitrogen and oxygen atoms in total. The van der Waals surface area contributed by atoms with Crippen LogP contribution in [0.15, 0.2) is 49.1 Å². The van der Waals surface area contributed by atoms with Crippen LogP contribution in [-0.2, 0) is 11.3 Å². The van der Waals surface area contributed by atoms with Crippen LogP contribution in [0, 0.1) is 17.8 Å². The van der Waals surface area contributed by atoms with Gasteiger partial charge in [0.15, 0.2) is 0 Å². The Morgan fingerprint density at radius 1 is 0.966 bits per heavy atom. The number of allylic oxidation sites excluding steroid dienone is 3. The molecule has 29 heavy (non-hydrogen) atoms. The number of benzene rings is 1. The highest BCUT2D eigenvalue weighted by atomic mass is 19.3. The largest absolute Gasteiger partial charge is 0.356 e. The predicted molar refractivity (Wildman–Crippen MR) is 116 cm³/mol. The SMILES string of the molecule is C=CC1CCC(c2ccc(COC(F)(F)CC3CCC(/C=C/C)CC3)cc2)CC1. The molecule has 2 fully saturated rings. The standard InChI is InChI=1S/C26H36F2O/c1-3-5-21-6-8-22(9-7-21)18-26(27,28)29-19-23-12-16-25(17-13-23)24-14-10-20(4-2)11-15-24/h3-5,12-13,16-17,20-22,24H,2,6-11,14-15,18-19H2,1H3/b5-3+. The van der Waals surface area contributed by atoms with Gasteiger partial charge < -0.3 is 4.74 Å². The Labute approximate surface area is 175 Å². The van der Waals surface area contributed by atoms with Gasteiger partial charge >= 0.3 is 6.11 Å². The molecule has 1 aromatic rings. The molecule has 0 N–H and O–H groups in total. The maximum Gasteiger partial charge on any atom is 0.356 e. The van der Waals surface area contributed by atoms with E-state index in [0.717, 1.165) is 31.2 Å². The van der Waals surface area contributed by atoms with Crippen molar-refractivity contribution in [3.63, 3.8) is 0 Å². The number of hydrogen-bond donors (Lipinski definition) is 0. The molecular weight excluding hydrogens is 366 g/mol. The molecular formula is C26H36F2O. The van der Waals surface area contributed by atoms with E-state index in [1.807, 2.05) is 19.1 Å². The highest BCUT2D eigenvalue weighted by Crippen LogP contribution is 2.38. The van der Waals surface area contributed by atoms with E-state index in [2.05, 4.69) is 36.9 Å². The van der Waals surface area contributed by atoms with Crippen LogP contribution in [0.2, 0.25) is 0 Å². The van der Waals surface area contributed by atoms with E-state index in [-0.39, 0.29) is 18.9 Å². The van der Waals surface area contributed by atoms with Crippen LogP contribution >= 0.6 is 0 Å². The predicted octanol–water partition coefficient (Wildman–Crippen LogP) is 8.03. The topological polar surface area (TPSA) is 9.23 Å². The van der Waals surface area contributed by atoms with Gasteiger partial charge in [-0.25, -0.2) is 0 Å². The summed E-state index contributed by atoms with van der Waals surface area (Å²) in [6.45, 7) is 5.90. The lowest BCUT2D eigenvalue weighted by Crippen LogP contribution is -2.26. The Bertz CT molecular complexity index is 648. The zero-order valence-corrected chi connectivity index (χ0v) is 17.8. The second kappa shape index (κ2) is 10.5. The van der Waals surface area contributed by atoms with Crippen molar-refractivity contribution in [2.45, 2.75) is 83.3 Å². The number of halogens is 2. The third kappa shape index (κ3) is 6.77. The second-order valence-corrected chi connectivity index (χ2v) is 9.03. The minimum atomic E-state index is -3.04. The van der Waals surface area contributed by atoms with Gasteiger partial charge in [0.1, 0.15) is 0 Å². The number of alkyl halides is 2. The van der Waals surface area contributed by atoms with Crippen molar-refractivity contribution in [1.82, 2.24) is 0 Å². The quantitative estimate of drug-likeness (QED) is 0.400. The summed E-state index contributed by atoms with van der Waals surface area (Å²) in [5, 5.41) is 0. The molecule has 0 saturated heterocycles. The van der Waals surface area contributed by atoms with E-state index in [0.29, 0.717) is 17.8 Å². The van der Waals surface area contributed by atoms with Crippen LogP contribution in [-0.4, -0.2) is 6.11 Å². The van der Waals surface area contributed by atoms with Crippen molar-refractivity contribution < 1.29 is 13.5 Å². The first-order valence-electron chi connectivity index (χ1n) is 11.3. The summed E-state index contributed by atoms with van der Waals surface area (Å²) in [6, 6.07) is 8.09. The lowest BCUT2D eigenvalue weighted by molar-refractivity contribution is -0.256. The van der Waals surface area contributed by atoms with Gasteiger partial charge in [0.05, 0.1) is 6.61 Å². The van der Waals surface area contributed by atoms with Crippen LogP contribution in [0.25, 0.3) is 0 Å². The van der Waals surface area contributed by atoms with E-state index in [1.54, 1.807) is 0 Å². The average molecular weight is 403 g/mol. The van der Waals surface area contributed by atoms with E-state index in [1.165, 1.54) is 31.2 Å². The molecule has 0 heterocycles. The number of rotatable bonds is 8. The molecule has 0 amide bonds. The van der Waals surface area contributed by atoms with Gasteiger partial charge in [-0.1, -0.05) is 42.5 Å². The zero-order chi connectivity index (χ0) is 20.7.